The Bertz CT molecular complexity index is 488. The molecule has 1 aromatic rings. The van der Waals surface area contributed by atoms with Crippen LogP contribution in [0.1, 0.15) is 39.2 Å². The molecule has 0 aromatic heterocycles. The Balaban J connectivity index is 2.27. The van der Waals surface area contributed by atoms with Crippen molar-refractivity contribution in [1.29, 1.82) is 0 Å². The van der Waals surface area contributed by atoms with Crippen molar-refractivity contribution in [2.45, 2.75) is 45.7 Å². The van der Waals surface area contributed by atoms with Crippen LogP contribution in [-0.2, 0) is 9.53 Å². The molecule has 22 heavy (non-hydrogen) atoms. The summed E-state index contributed by atoms with van der Waals surface area (Å²) < 4.78 is 10.7. The average molecular weight is 305 g/mol. The van der Waals surface area contributed by atoms with E-state index in [-0.39, 0.29) is 29.8 Å². The van der Waals surface area contributed by atoms with Gasteiger partial charge in [-0.25, -0.2) is 0 Å². The first-order chi connectivity index (χ1) is 10.5. The molecule has 4 nitrogen and oxygen atoms in total. The molecule has 1 saturated heterocycles. The number of morpholine rings is 1. The van der Waals surface area contributed by atoms with Crippen LogP contribution in [0.2, 0.25) is 0 Å². The first-order valence-electron chi connectivity index (χ1n) is 7.99. The number of carbonyl (C=O) groups is 1. The number of carbonyl (C=O) groups excluding carboxylic acids is 1. The van der Waals surface area contributed by atoms with Gasteiger partial charge in [-0.3, -0.25) is 4.79 Å². The highest BCUT2D eigenvalue weighted by Gasteiger charge is 2.35. The number of methoxy groups -OCH3 is 1. The molecule has 1 aromatic carbocycles. The molecule has 0 bridgehead atoms. The highest BCUT2D eigenvalue weighted by molar-refractivity contribution is 5.84. The third-order valence-electron chi connectivity index (χ3n) is 4.33. The number of amides is 1. The molecule has 1 aliphatic rings. The van der Waals surface area contributed by atoms with Gasteiger partial charge in [0.1, 0.15) is 5.75 Å². The fourth-order valence-corrected chi connectivity index (χ4v) is 3.22. The predicted octanol–water partition coefficient (Wildman–Crippen LogP) is 3.07. The van der Waals surface area contributed by atoms with E-state index in [2.05, 4.69) is 27.7 Å². The first kappa shape index (κ1) is 16.8. The molecule has 0 spiro atoms. The van der Waals surface area contributed by atoms with Crippen molar-refractivity contribution in [3.05, 3.63) is 29.8 Å². The SMILES string of the molecule is COc1ccc(C(C(=O)N2C(C)COCC2C)C(C)C)cc1. The molecule has 1 heterocycles. The molecular weight excluding hydrogens is 278 g/mol. The monoisotopic (exact) mass is 305 g/mol. The molecule has 1 amide bonds. The molecule has 122 valence electrons. The first-order valence-corrected chi connectivity index (χ1v) is 7.99. The van der Waals surface area contributed by atoms with Gasteiger partial charge in [-0.1, -0.05) is 26.0 Å². The standard InChI is InChI=1S/C18H27NO3/c1-12(2)17(15-6-8-16(21-5)9-7-15)18(20)19-13(3)10-22-11-14(19)4/h6-9,12-14,17H,10-11H2,1-5H3. The predicted molar refractivity (Wildman–Crippen MR) is 87.2 cm³/mol. The van der Waals surface area contributed by atoms with Gasteiger partial charge in [0.25, 0.3) is 0 Å². The normalized spacial score (nSPS) is 23.5. The number of hydrogen-bond donors (Lipinski definition) is 0. The van der Waals surface area contributed by atoms with Crippen molar-refractivity contribution in [3.63, 3.8) is 0 Å². The largest absolute Gasteiger partial charge is 0.497 e. The quantitative estimate of drug-likeness (QED) is 0.858. The third kappa shape index (κ3) is 3.43. The molecule has 4 heteroatoms. The smallest absolute Gasteiger partial charge is 0.231 e. The minimum absolute atomic E-state index is 0.121. The number of nitrogens with zero attached hydrogens (tertiary/aromatic N) is 1. The molecule has 3 unspecified atom stereocenters. The van der Waals surface area contributed by atoms with Crippen LogP contribution in [0.25, 0.3) is 0 Å². The molecule has 0 aliphatic carbocycles. The number of ether oxygens (including phenoxy) is 2. The van der Waals surface area contributed by atoms with Crippen LogP contribution in [0.3, 0.4) is 0 Å². The van der Waals surface area contributed by atoms with Crippen LogP contribution in [-0.4, -0.2) is 43.2 Å². The molecule has 2 rings (SSSR count). The summed E-state index contributed by atoms with van der Waals surface area (Å²) in [5.41, 5.74) is 1.05. The number of benzene rings is 1. The number of hydrogen-bond acceptors (Lipinski definition) is 3. The molecule has 0 radical (unpaired) electrons. The van der Waals surface area contributed by atoms with Gasteiger partial charge in [-0.2, -0.15) is 0 Å². The lowest BCUT2D eigenvalue weighted by atomic mass is 9.86. The van der Waals surface area contributed by atoms with Crippen molar-refractivity contribution in [2.24, 2.45) is 5.92 Å². The van der Waals surface area contributed by atoms with E-state index in [1.807, 2.05) is 29.2 Å². The Labute approximate surface area is 133 Å². The maximum Gasteiger partial charge on any atom is 0.231 e. The average Bonchev–Trinajstić information content (AvgIpc) is 2.47. The second-order valence-electron chi connectivity index (χ2n) is 6.48. The van der Waals surface area contributed by atoms with E-state index in [1.54, 1.807) is 7.11 Å². The van der Waals surface area contributed by atoms with Crippen LogP contribution in [0, 0.1) is 5.92 Å². The van der Waals surface area contributed by atoms with E-state index < -0.39 is 0 Å². The lowest BCUT2D eigenvalue weighted by Crippen LogP contribution is -2.54. The van der Waals surface area contributed by atoms with Crippen LogP contribution in [0.15, 0.2) is 24.3 Å². The highest BCUT2D eigenvalue weighted by atomic mass is 16.5. The summed E-state index contributed by atoms with van der Waals surface area (Å²) in [6, 6.07) is 8.08. The van der Waals surface area contributed by atoms with E-state index in [4.69, 9.17) is 9.47 Å². The van der Waals surface area contributed by atoms with Crippen LogP contribution < -0.4 is 4.74 Å². The third-order valence-corrected chi connectivity index (χ3v) is 4.33. The second-order valence-corrected chi connectivity index (χ2v) is 6.48. The van der Waals surface area contributed by atoms with Crippen LogP contribution >= 0.6 is 0 Å². The van der Waals surface area contributed by atoms with Crippen LogP contribution in [0.5, 0.6) is 5.75 Å². The van der Waals surface area contributed by atoms with Gasteiger partial charge in [0.15, 0.2) is 0 Å². The van der Waals surface area contributed by atoms with Gasteiger partial charge in [0.05, 0.1) is 38.3 Å². The maximum absolute atomic E-state index is 13.2. The Morgan fingerprint density at radius 3 is 2.18 bits per heavy atom. The van der Waals surface area contributed by atoms with Crippen molar-refractivity contribution < 1.29 is 14.3 Å². The zero-order valence-electron chi connectivity index (χ0n) is 14.2. The lowest BCUT2D eigenvalue weighted by Gasteiger charge is -2.41. The fraction of sp³-hybridized carbons (Fsp3) is 0.611. The van der Waals surface area contributed by atoms with Gasteiger partial charge in [-0.05, 0) is 37.5 Å². The fourth-order valence-electron chi connectivity index (χ4n) is 3.22. The summed E-state index contributed by atoms with van der Waals surface area (Å²) in [7, 11) is 1.65. The van der Waals surface area contributed by atoms with Crippen molar-refractivity contribution in [2.75, 3.05) is 20.3 Å². The van der Waals surface area contributed by atoms with E-state index >= 15 is 0 Å². The molecule has 3 atom stereocenters. The topological polar surface area (TPSA) is 38.8 Å². The van der Waals surface area contributed by atoms with Gasteiger partial charge in [-0.15, -0.1) is 0 Å². The summed E-state index contributed by atoms with van der Waals surface area (Å²) in [6.07, 6.45) is 0. The van der Waals surface area contributed by atoms with E-state index in [0.29, 0.717) is 13.2 Å². The highest BCUT2D eigenvalue weighted by Crippen LogP contribution is 2.30. The molecular formula is C18H27NO3. The Morgan fingerprint density at radius 2 is 1.73 bits per heavy atom. The van der Waals surface area contributed by atoms with E-state index in [1.165, 1.54) is 0 Å². The van der Waals surface area contributed by atoms with Crippen molar-refractivity contribution >= 4 is 5.91 Å². The molecule has 0 N–H and O–H groups in total. The van der Waals surface area contributed by atoms with Gasteiger partial charge >= 0.3 is 0 Å². The summed E-state index contributed by atoms with van der Waals surface area (Å²) in [6.45, 7) is 9.54. The van der Waals surface area contributed by atoms with Gasteiger partial charge in [0.2, 0.25) is 5.91 Å². The van der Waals surface area contributed by atoms with Crippen molar-refractivity contribution in [1.82, 2.24) is 4.90 Å². The Morgan fingerprint density at radius 1 is 1.18 bits per heavy atom. The second kappa shape index (κ2) is 7.14. The number of rotatable bonds is 4. The zero-order valence-corrected chi connectivity index (χ0v) is 14.2. The van der Waals surface area contributed by atoms with Gasteiger partial charge in [0, 0.05) is 0 Å². The molecule has 1 aliphatic heterocycles. The summed E-state index contributed by atoms with van der Waals surface area (Å²) in [5, 5.41) is 0. The van der Waals surface area contributed by atoms with E-state index in [0.717, 1.165) is 11.3 Å². The molecule has 0 saturated carbocycles. The van der Waals surface area contributed by atoms with Gasteiger partial charge < -0.3 is 14.4 Å². The lowest BCUT2D eigenvalue weighted by molar-refractivity contribution is -0.146. The maximum atomic E-state index is 13.2. The zero-order chi connectivity index (χ0) is 16.3. The summed E-state index contributed by atoms with van der Waals surface area (Å²) in [4.78, 5) is 15.2. The summed E-state index contributed by atoms with van der Waals surface area (Å²) in [5.74, 6) is 1.12. The van der Waals surface area contributed by atoms with Crippen LogP contribution in [0.4, 0.5) is 0 Å². The minimum Gasteiger partial charge on any atom is -0.497 e. The van der Waals surface area contributed by atoms with E-state index in [9.17, 15) is 4.79 Å². The van der Waals surface area contributed by atoms with Crippen molar-refractivity contribution in [3.8, 4) is 5.75 Å². The Hall–Kier alpha value is -1.55. The summed E-state index contributed by atoms with van der Waals surface area (Å²) >= 11 is 0. The Kier molecular flexibility index (Phi) is 5.46. The minimum atomic E-state index is -0.131. The molecule has 1 fully saturated rings.